The Hall–Kier alpha value is -4.64. The van der Waals surface area contributed by atoms with Crippen LogP contribution in [0.3, 0.4) is 0 Å². The van der Waals surface area contributed by atoms with Gasteiger partial charge in [0.1, 0.15) is 22.9 Å². The van der Waals surface area contributed by atoms with Crippen LogP contribution in [0, 0.1) is 6.92 Å². The Morgan fingerprint density at radius 1 is 0.740 bits per heavy atom. The molecule has 0 aliphatic carbocycles. The average Bonchev–Trinajstić information content (AvgIpc) is 3.87. The second kappa shape index (κ2) is 12.9. The van der Waals surface area contributed by atoms with E-state index in [1.54, 1.807) is 21.1 Å². The van der Waals surface area contributed by atoms with E-state index in [4.69, 9.17) is 14.5 Å². The molecule has 7 rings (SSSR count). The van der Waals surface area contributed by atoms with Crippen molar-refractivity contribution in [2.45, 2.75) is 97.4 Å². The lowest BCUT2D eigenvalue weighted by Crippen LogP contribution is -2.36. The van der Waals surface area contributed by atoms with Crippen LogP contribution in [-0.2, 0) is 9.47 Å². The number of amides is 2. The molecule has 2 atom stereocenters. The molecule has 0 spiro atoms. The number of aromatic nitrogens is 4. The standard InChI is InChI=1S/C39H46N6O4S/c1-23-20-28-26(16-17-27(33(28)50-23)30-22-41-35(43-30)32-11-9-19-45(32)37(47)49-39(5,6)7)24-12-14-25(15-13-24)29-21-40-34(42-29)31-10-8-18-44(31)36(46)48-38(2,3)4/h12-17,20-22,31-32H,8-11,18-19H2,1-7H3,(H,40,42)(H,41,43). The van der Waals surface area contributed by atoms with Crippen LogP contribution in [0.4, 0.5) is 9.59 Å². The Morgan fingerprint density at radius 2 is 1.24 bits per heavy atom. The number of H-pyrrole nitrogens is 2. The predicted molar refractivity (Wildman–Crippen MR) is 197 cm³/mol. The van der Waals surface area contributed by atoms with E-state index in [1.807, 2.05) is 53.9 Å². The fourth-order valence-electron chi connectivity index (χ4n) is 7.02. The lowest BCUT2D eigenvalue weighted by molar-refractivity contribution is 0.0208. The topological polar surface area (TPSA) is 116 Å². The van der Waals surface area contributed by atoms with Crippen molar-refractivity contribution in [3.63, 3.8) is 0 Å². The molecular weight excluding hydrogens is 649 g/mol. The number of aryl methyl sites for hydroxylation is 1. The van der Waals surface area contributed by atoms with E-state index < -0.39 is 11.2 Å². The molecule has 5 aromatic rings. The van der Waals surface area contributed by atoms with Gasteiger partial charge < -0.3 is 19.4 Å². The van der Waals surface area contributed by atoms with E-state index >= 15 is 0 Å². The Labute approximate surface area is 297 Å². The van der Waals surface area contributed by atoms with Gasteiger partial charge in [0.15, 0.2) is 0 Å². The van der Waals surface area contributed by atoms with E-state index in [1.165, 1.54) is 15.0 Å². The molecule has 2 aliphatic heterocycles. The number of nitrogens with zero attached hydrogens (tertiary/aromatic N) is 4. The molecule has 2 N–H and O–H groups in total. The number of aromatic amines is 2. The first-order chi connectivity index (χ1) is 23.7. The zero-order chi connectivity index (χ0) is 35.4. The molecule has 50 heavy (non-hydrogen) atoms. The van der Waals surface area contributed by atoms with E-state index in [2.05, 4.69) is 64.3 Å². The van der Waals surface area contributed by atoms with Crippen LogP contribution in [0.1, 0.15) is 95.8 Å². The van der Waals surface area contributed by atoms with E-state index in [0.717, 1.165) is 71.0 Å². The SMILES string of the molecule is Cc1cc2c(-c3ccc(-c4cnc(C5CCCN5C(=O)OC(C)(C)C)[nH]4)cc3)ccc(-c3cnc(C4CCCN4C(=O)OC(C)(C)C)[nH]3)c2s1. The van der Waals surface area contributed by atoms with Crippen molar-refractivity contribution < 1.29 is 19.1 Å². The number of hydrogen-bond acceptors (Lipinski definition) is 7. The highest BCUT2D eigenvalue weighted by Crippen LogP contribution is 2.41. The van der Waals surface area contributed by atoms with Gasteiger partial charge in [-0.05, 0) is 96.9 Å². The second-order valence-corrected chi connectivity index (χ2v) is 16.6. The number of thiophene rings is 1. The maximum absolute atomic E-state index is 12.9. The number of rotatable bonds is 5. The molecule has 2 fully saturated rings. The number of hydrogen-bond donors (Lipinski definition) is 2. The minimum absolute atomic E-state index is 0.125. The normalized spacial score (nSPS) is 18.3. The van der Waals surface area contributed by atoms with Crippen LogP contribution in [0.25, 0.3) is 43.7 Å². The summed E-state index contributed by atoms with van der Waals surface area (Å²) < 4.78 is 12.5. The molecule has 2 aromatic carbocycles. The van der Waals surface area contributed by atoms with Gasteiger partial charge in [-0.2, -0.15) is 0 Å². The second-order valence-electron chi connectivity index (χ2n) is 15.4. The lowest BCUT2D eigenvalue weighted by Gasteiger charge is -2.27. The molecule has 3 aromatic heterocycles. The van der Waals surface area contributed by atoms with Crippen molar-refractivity contribution in [2.24, 2.45) is 0 Å². The molecule has 0 bridgehead atoms. The summed E-state index contributed by atoms with van der Waals surface area (Å²) in [5, 5.41) is 1.19. The van der Waals surface area contributed by atoms with Crippen molar-refractivity contribution in [3.05, 3.63) is 71.4 Å². The van der Waals surface area contributed by atoms with Crippen LogP contribution in [-0.4, -0.2) is 66.2 Å². The first-order valence-electron chi connectivity index (χ1n) is 17.5. The summed E-state index contributed by atoms with van der Waals surface area (Å²) in [6, 6.07) is 14.9. The number of carbonyl (C=O) groups excluding carboxylic acids is 2. The highest BCUT2D eigenvalue weighted by atomic mass is 32.1. The minimum atomic E-state index is -0.548. The molecule has 0 radical (unpaired) electrons. The molecule has 5 heterocycles. The summed E-state index contributed by atoms with van der Waals surface area (Å²) in [5.41, 5.74) is 5.17. The maximum Gasteiger partial charge on any atom is 0.410 e. The lowest BCUT2D eigenvalue weighted by atomic mass is 9.97. The first-order valence-corrected chi connectivity index (χ1v) is 18.3. The molecule has 2 unspecified atom stereocenters. The maximum atomic E-state index is 12.9. The Morgan fingerprint density at radius 3 is 1.80 bits per heavy atom. The van der Waals surface area contributed by atoms with Gasteiger partial charge in [-0.1, -0.05) is 36.4 Å². The van der Waals surface area contributed by atoms with Crippen LogP contribution >= 0.6 is 11.3 Å². The highest BCUT2D eigenvalue weighted by Gasteiger charge is 2.36. The Balaban J connectivity index is 1.11. The van der Waals surface area contributed by atoms with E-state index in [0.29, 0.717) is 13.1 Å². The number of fused-ring (bicyclic) bond motifs is 1. The quantitative estimate of drug-likeness (QED) is 0.189. The van der Waals surface area contributed by atoms with Gasteiger partial charge in [0.05, 0.1) is 35.9 Å². The minimum Gasteiger partial charge on any atom is -0.444 e. The van der Waals surface area contributed by atoms with Gasteiger partial charge in [0.25, 0.3) is 0 Å². The smallest absolute Gasteiger partial charge is 0.410 e. The summed E-state index contributed by atoms with van der Waals surface area (Å²) in [5.74, 6) is 1.57. The molecule has 11 heteroatoms. The van der Waals surface area contributed by atoms with Crippen LogP contribution in [0.5, 0.6) is 0 Å². The zero-order valence-corrected chi connectivity index (χ0v) is 30.7. The third-order valence-corrected chi connectivity index (χ3v) is 10.3. The van der Waals surface area contributed by atoms with Crippen molar-refractivity contribution in [1.82, 2.24) is 29.7 Å². The molecular formula is C39H46N6O4S. The third-order valence-electron chi connectivity index (χ3n) is 9.19. The number of carbonyl (C=O) groups is 2. The number of imidazole rings is 2. The summed E-state index contributed by atoms with van der Waals surface area (Å²) in [6.07, 6.45) is 6.67. The summed E-state index contributed by atoms with van der Waals surface area (Å²) in [7, 11) is 0. The summed E-state index contributed by atoms with van der Waals surface area (Å²) in [6.45, 7) is 14.8. The van der Waals surface area contributed by atoms with Gasteiger partial charge in [-0.15, -0.1) is 11.3 Å². The Kier molecular flexibility index (Phi) is 8.74. The number of nitrogens with one attached hydrogen (secondary N) is 2. The van der Waals surface area contributed by atoms with Crippen LogP contribution < -0.4 is 0 Å². The van der Waals surface area contributed by atoms with Gasteiger partial charge in [0, 0.05) is 33.6 Å². The number of ether oxygens (including phenoxy) is 2. The van der Waals surface area contributed by atoms with Crippen molar-refractivity contribution in [3.8, 4) is 33.6 Å². The molecule has 2 amide bonds. The molecule has 10 nitrogen and oxygen atoms in total. The van der Waals surface area contributed by atoms with Gasteiger partial charge in [0.2, 0.25) is 0 Å². The predicted octanol–water partition coefficient (Wildman–Crippen LogP) is 9.80. The molecule has 0 saturated carbocycles. The van der Waals surface area contributed by atoms with Gasteiger partial charge in [-0.3, -0.25) is 9.80 Å². The first kappa shape index (κ1) is 33.8. The fourth-order valence-corrected chi connectivity index (χ4v) is 8.08. The van der Waals surface area contributed by atoms with Crippen molar-refractivity contribution in [2.75, 3.05) is 13.1 Å². The zero-order valence-electron chi connectivity index (χ0n) is 29.9. The fraction of sp³-hybridized carbons (Fsp3) is 0.436. The van der Waals surface area contributed by atoms with E-state index in [-0.39, 0.29) is 24.3 Å². The molecule has 2 aliphatic rings. The van der Waals surface area contributed by atoms with E-state index in [9.17, 15) is 9.59 Å². The highest BCUT2D eigenvalue weighted by molar-refractivity contribution is 7.19. The number of benzene rings is 2. The average molecular weight is 695 g/mol. The molecule has 262 valence electrons. The largest absolute Gasteiger partial charge is 0.444 e. The summed E-state index contributed by atoms with van der Waals surface area (Å²) >= 11 is 1.77. The third kappa shape index (κ3) is 6.88. The van der Waals surface area contributed by atoms with Gasteiger partial charge >= 0.3 is 12.2 Å². The van der Waals surface area contributed by atoms with Crippen molar-refractivity contribution in [1.29, 1.82) is 0 Å². The van der Waals surface area contributed by atoms with Crippen LogP contribution in [0.2, 0.25) is 0 Å². The summed E-state index contributed by atoms with van der Waals surface area (Å²) in [4.78, 5) is 47.1. The van der Waals surface area contributed by atoms with Gasteiger partial charge in [-0.25, -0.2) is 19.6 Å². The Bertz CT molecular complexity index is 2030. The van der Waals surface area contributed by atoms with Crippen molar-refractivity contribution >= 4 is 33.6 Å². The number of likely N-dealkylation sites (tertiary alicyclic amines) is 2. The molecule has 2 saturated heterocycles. The monoisotopic (exact) mass is 694 g/mol. The van der Waals surface area contributed by atoms with Crippen LogP contribution in [0.15, 0.2) is 54.9 Å².